The summed E-state index contributed by atoms with van der Waals surface area (Å²) < 4.78 is 0. The van der Waals surface area contributed by atoms with Crippen LogP contribution >= 0.6 is 35.4 Å². The first-order valence-corrected chi connectivity index (χ1v) is 7.25. The van der Waals surface area contributed by atoms with E-state index < -0.39 is 4.87 Å². The molecule has 1 unspecified atom stereocenters. The second-order valence-electron chi connectivity index (χ2n) is 4.63. The highest BCUT2D eigenvalue weighted by atomic mass is 35.5. The molecule has 0 spiro atoms. The van der Waals surface area contributed by atoms with Crippen molar-refractivity contribution in [2.24, 2.45) is 10.7 Å². The third kappa shape index (κ3) is 4.09. The minimum atomic E-state index is -0.464. The second kappa shape index (κ2) is 6.11. The standard InChI is InChI=1S/C12H16Cl2N4S/c13-9-2-4-12(14,5-3-9)8-18-7-1-6-16-11(18)17-10(15)19/h2-4H,1,5-8H2,(H3,15,16,17,19). The summed E-state index contributed by atoms with van der Waals surface area (Å²) in [5.41, 5.74) is 5.51. The quantitative estimate of drug-likeness (QED) is 0.603. The van der Waals surface area contributed by atoms with Crippen LogP contribution in [0.3, 0.4) is 0 Å². The van der Waals surface area contributed by atoms with E-state index in [-0.39, 0.29) is 5.11 Å². The Hall–Kier alpha value is -0.780. The second-order valence-corrected chi connectivity index (χ2v) is 6.26. The first-order chi connectivity index (χ1) is 8.98. The highest BCUT2D eigenvalue weighted by molar-refractivity contribution is 7.80. The molecule has 1 heterocycles. The molecule has 0 bridgehead atoms. The largest absolute Gasteiger partial charge is 0.376 e. The molecule has 0 aromatic heterocycles. The molecule has 0 saturated carbocycles. The Morgan fingerprint density at radius 1 is 1.63 bits per heavy atom. The molecule has 2 aliphatic rings. The van der Waals surface area contributed by atoms with Gasteiger partial charge in [-0.2, -0.15) is 0 Å². The molecule has 0 amide bonds. The van der Waals surface area contributed by atoms with Crippen LogP contribution in [0.1, 0.15) is 12.8 Å². The van der Waals surface area contributed by atoms with Gasteiger partial charge in [0.05, 0.1) is 4.87 Å². The highest BCUT2D eigenvalue weighted by Crippen LogP contribution is 2.30. The van der Waals surface area contributed by atoms with Crippen molar-refractivity contribution < 1.29 is 0 Å². The monoisotopic (exact) mass is 318 g/mol. The lowest BCUT2D eigenvalue weighted by atomic mass is 9.99. The van der Waals surface area contributed by atoms with E-state index in [1.807, 2.05) is 18.2 Å². The first-order valence-electron chi connectivity index (χ1n) is 6.08. The fraction of sp³-hybridized carbons (Fsp3) is 0.500. The van der Waals surface area contributed by atoms with E-state index >= 15 is 0 Å². The molecule has 0 aromatic carbocycles. The van der Waals surface area contributed by atoms with Crippen molar-refractivity contribution in [3.05, 3.63) is 23.3 Å². The van der Waals surface area contributed by atoms with E-state index in [9.17, 15) is 0 Å². The van der Waals surface area contributed by atoms with Gasteiger partial charge in [-0.15, -0.1) is 11.6 Å². The minimum absolute atomic E-state index is 0.219. The molecule has 1 aliphatic heterocycles. The van der Waals surface area contributed by atoms with Crippen LogP contribution in [-0.2, 0) is 0 Å². The third-order valence-corrected chi connectivity index (χ3v) is 3.80. The van der Waals surface area contributed by atoms with Crippen LogP contribution in [0.2, 0.25) is 0 Å². The Bertz CT molecular complexity index is 461. The number of thiocarbonyl (C=S) groups is 1. The van der Waals surface area contributed by atoms with Crippen molar-refractivity contribution in [1.82, 2.24) is 10.2 Å². The molecule has 0 fully saturated rings. The van der Waals surface area contributed by atoms with Crippen molar-refractivity contribution >= 4 is 46.5 Å². The summed E-state index contributed by atoms with van der Waals surface area (Å²) in [4.78, 5) is 6.01. The molecule has 104 valence electrons. The number of nitrogens with one attached hydrogen (secondary N) is 1. The predicted octanol–water partition coefficient (Wildman–Crippen LogP) is 1.94. The van der Waals surface area contributed by atoms with Crippen LogP contribution in [0.25, 0.3) is 0 Å². The van der Waals surface area contributed by atoms with E-state index in [4.69, 9.17) is 41.2 Å². The van der Waals surface area contributed by atoms with Crippen LogP contribution in [0.5, 0.6) is 0 Å². The number of nitrogens with zero attached hydrogens (tertiary/aromatic N) is 2. The van der Waals surface area contributed by atoms with Crippen molar-refractivity contribution in [1.29, 1.82) is 0 Å². The molecule has 1 aliphatic carbocycles. The lowest BCUT2D eigenvalue weighted by Gasteiger charge is -2.36. The van der Waals surface area contributed by atoms with Crippen molar-refractivity contribution in [2.75, 3.05) is 19.6 Å². The lowest BCUT2D eigenvalue weighted by molar-refractivity contribution is 0.358. The van der Waals surface area contributed by atoms with Crippen LogP contribution in [0, 0.1) is 0 Å². The summed E-state index contributed by atoms with van der Waals surface area (Å²) in [6, 6.07) is 0. The zero-order valence-corrected chi connectivity index (χ0v) is 12.7. The van der Waals surface area contributed by atoms with E-state index in [0.717, 1.165) is 24.5 Å². The predicted molar refractivity (Wildman–Crippen MR) is 84.7 cm³/mol. The lowest BCUT2D eigenvalue weighted by Crippen LogP contribution is -2.52. The van der Waals surface area contributed by atoms with Gasteiger partial charge in [0, 0.05) is 24.7 Å². The molecule has 4 nitrogen and oxygen atoms in total. The Kier molecular flexibility index (Phi) is 4.71. The number of nitrogens with two attached hydrogens (primary N) is 1. The van der Waals surface area contributed by atoms with Crippen molar-refractivity contribution in [3.63, 3.8) is 0 Å². The SMILES string of the molecule is NC(=S)NC1=NCCCN1CC1(Cl)C=CC(Cl)=CC1. The Balaban J connectivity index is 2.05. The summed E-state index contributed by atoms with van der Waals surface area (Å²) in [6.07, 6.45) is 7.39. The number of aliphatic imine (C=N–C) groups is 1. The van der Waals surface area contributed by atoms with Gasteiger partial charge in [-0.05, 0) is 31.1 Å². The van der Waals surface area contributed by atoms with Gasteiger partial charge >= 0.3 is 0 Å². The third-order valence-electron chi connectivity index (χ3n) is 3.01. The molecule has 0 aromatic rings. The number of alkyl halides is 1. The summed E-state index contributed by atoms with van der Waals surface area (Å²) in [5, 5.41) is 3.85. The summed E-state index contributed by atoms with van der Waals surface area (Å²) in [5.74, 6) is 0.702. The topological polar surface area (TPSA) is 53.6 Å². The van der Waals surface area contributed by atoms with Gasteiger partial charge in [-0.25, -0.2) is 0 Å². The molecule has 19 heavy (non-hydrogen) atoms. The number of rotatable bonds is 2. The normalized spacial score (nSPS) is 26.7. The molecule has 0 saturated heterocycles. The number of hydrogen-bond donors (Lipinski definition) is 2. The number of allylic oxidation sites excluding steroid dienone is 3. The first kappa shape index (κ1) is 14.6. The van der Waals surface area contributed by atoms with Gasteiger partial charge in [0.15, 0.2) is 11.1 Å². The average Bonchev–Trinajstić information content (AvgIpc) is 2.35. The molecule has 0 radical (unpaired) electrons. The molecular formula is C12H16Cl2N4S. The number of guanidine groups is 1. The van der Waals surface area contributed by atoms with Crippen LogP contribution in [0.15, 0.2) is 28.3 Å². The van der Waals surface area contributed by atoms with Crippen LogP contribution < -0.4 is 11.1 Å². The molecular weight excluding hydrogens is 303 g/mol. The van der Waals surface area contributed by atoms with E-state index in [2.05, 4.69) is 15.2 Å². The van der Waals surface area contributed by atoms with Gasteiger partial charge in [0.25, 0.3) is 0 Å². The fourth-order valence-corrected chi connectivity index (χ4v) is 2.62. The van der Waals surface area contributed by atoms with Crippen LogP contribution in [-0.4, -0.2) is 40.5 Å². The fourth-order valence-electron chi connectivity index (χ4n) is 2.10. The maximum Gasteiger partial charge on any atom is 0.200 e. The average molecular weight is 319 g/mol. The minimum Gasteiger partial charge on any atom is -0.376 e. The Morgan fingerprint density at radius 2 is 2.42 bits per heavy atom. The smallest absolute Gasteiger partial charge is 0.200 e. The maximum atomic E-state index is 6.60. The number of hydrogen-bond acceptors (Lipinski definition) is 3. The molecule has 1 atom stereocenters. The summed E-state index contributed by atoms with van der Waals surface area (Å²) >= 11 is 17.4. The van der Waals surface area contributed by atoms with E-state index in [1.54, 1.807) is 0 Å². The molecule has 7 heteroatoms. The van der Waals surface area contributed by atoms with Crippen molar-refractivity contribution in [3.8, 4) is 0 Å². The van der Waals surface area contributed by atoms with Gasteiger partial charge in [-0.3, -0.25) is 4.99 Å². The Morgan fingerprint density at radius 3 is 3.05 bits per heavy atom. The van der Waals surface area contributed by atoms with E-state index in [0.29, 0.717) is 18.9 Å². The highest BCUT2D eigenvalue weighted by Gasteiger charge is 2.30. The van der Waals surface area contributed by atoms with Gasteiger partial charge in [-0.1, -0.05) is 23.8 Å². The van der Waals surface area contributed by atoms with Crippen molar-refractivity contribution in [2.45, 2.75) is 17.7 Å². The van der Waals surface area contributed by atoms with Gasteiger partial charge in [0.2, 0.25) is 0 Å². The van der Waals surface area contributed by atoms with E-state index in [1.165, 1.54) is 0 Å². The summed E-state index contributed by atoms with van der Waals surface area (Å²) in [6.45, 7) is 2.30. The Labute approximate surface area is 128 Å². The van der Waals surface area contributed by atoms with Crippen LogP contribution in [0.4, 0.5) is 0 Å². The molecule has 2 rings (SSSR count). The zero-order chi connectivity index (χ0) is 13.9. The molecule has 3 N–H and O–H groups in total. The summed E-state index contributed by atoms with van der Waals surface area (Å²) in [7, 11) is 0. The number of halogens is 2. The zero-order valence-electron chi connectivity index (χ0n) is 10.4. The maximum absolute atomic E-state index is 6.60. The van der Waals surface area contributed by atoms with Gasteiger partial charge in [0.1, 0.15) is 0 Å². The van der Waals surface area contributed by atoms with Gasteiger partial charge < -0.3 is 16.0 Å².